The third-order valence-corrected chi connectivity index (χ3v) is 8.31. The smallest absolute Gasteiger partial charge is 0.264 e. The normalized spacial score (nSPS) is 14.1. The van der Waals surface area contributed by atoms with E-state index in [1.54, 1.807) is 10.8 Å². The Balaban J connectivity index is 1.65. The molecule has 3 aromatic rings. The van der Waals surface area contributed by atoms with Gasteiger partial charge in [0.2, 0.25) is 15.0 Å². The second-order valence-electron chi connectivity index (χ2n) is 9.33. The molecule has 1 aliphatic rings. The zero-order valence-corrected chi connectivity index (χ0v) is 21.0. The number of rotatable bonds is 10. The van der Waals surface area contributed by atoms with Gasteiger partial charge >= 0.3 is 0 Å². The summed E-state index contributed by atoms with van der Waals surface area (Å²) in [7, 11) is -3.65. The molecule has 33 heavy (non-hydrogen) atoms. The highest BCUT2D eigenvalue weighted by Gasteiger charge is 2.30. The minimum atomic E-state index is -3.65. The molecule has 176 valence electrons. The molecule has 6 nitrogen and oxygen atoms in total. The topological polar surface area (TPSA) is 72.3 Å². The molecule has 0 spiro atoms. The minimum absolute atomic E-state index is 0.00138. The zero-order valence-electron chi connectivity index (χ0n) is 19.4. The van der Waals surface area contributed by atoms with Crippen LogP contribution in [-0.4, -0.2) is 35.3 Å². The molecule has 1 aromatic carbocycles. The lowest BCUT2D eigenvalue weighted by atomic mass is 10.1. The van der Waals surface area contributed by atoms with Crippen LogP contribution in [0.2, 0.25) is 0 Å². The van der Waals surface area contributed by atoms with E-state index in [1.165, 1.54) is 11.3 Å². The summed E-state index contributed by atoms with van der Waals surface area (Å²) in [6.07, 6.45) is 3.90. The van der Waals surface area contributed by atoms with E-state index in [9.17, 15) is 13.2 Å². The van der Waals surface area contributed by atoms with Gasteiger partial charge in [-0.1, -0.05) is 44.2 Å². The number of nitrogens with zero attached hydrogens (tertiary/aromatic N) is 3. The van der Waals surface area contributed by atoms with Crippen molar-refractivity contribution in [2.75, 3.05) is 6.54 Å². The molecule has 1 saturated carbocycles. The summed E-state index contributed by atoms with van der Waals surface area (Å²) in [6, 6.07) is 11.3. The van der Waals surface area contributed by atoms with E-state index in [4.69, 9.17) is 0 Å². The summed E-state index contributed by atoms with van der Waals surface area (Å²) in [5.74, 6) is 0.669. The van der Waals surface area contributed by atoms with Crippen LogP contribution in [0.25, 0.3) is 0 Å². The summed E-state index contributed by atoms with van der Waals surface area (Å²) >= 11 is 1.43. The van der Waals surface area contributed by atoms with Crippen LogP contribution in [-0.2, 0) is 28.7 Å². The molecule has 0 saturated heterocycles. The quantitative estimate of drug-likeness (QED) is 0.408. The Hall–Kier alpha value is -2.45. The molecule has 0 N–H and O–H groups in total. The summed E-state index contributed by atoms with van der Waals surface area (Å²) in [4.78, 5) is 20.1. The SMILES string of the molecule is Cc1ccccc1CS(=O)(=O)c1ncc(CN(CC2CC2)C(=O)c2cccs2)n1CC(C)C. The lowest BCUT2D eigenvalue weighted by Crippen LogP contribution is -2.33. The first-order valence-corrected chi connectivity index (χ1v) is 13.9. The third kappa shape index (κ3) is 5.73. The summed E-state index contributed by atoms with van der Waals surface area (Å²) in [5.41, 5.74) is 2.49. The van der Waals surface area contributed by atoms with E-state index in [0.29, 0.717) is 30.4 Å². The predicted octanol–water partition coefficient (Wildman–Crippen LogP) is 4.94. The number of carbonyl (C=O) groups excluding carboxylic acids is 1. The number of hydrogen-bond acceptors (Lipinski definition) is 5. The maximum Gasteiger partial charge on any atom is 0.264 e. The molecule has 8 heteroatoms. The van der Waals surface area contributed by atoms with Crippen LogP contribution in [0.5, 0.6) is 0 Å². The molecule has 0 bridgehead atoms. The minimum Gasteiger partial charge on any atom is -0.332 e. The van der Waals surface area contributed by atoms with Gasteiger partial charge in [0.05, 0.1) is 29.1 Å². The van der Waals surface area contributed by atoms with Crippen molar-refractivity contribution in [2.24, 2.45) is 11.8 Å². The largest absolute Gasteiger partial charge is 0.332 e. The van der Waals surface area contributed by atoms with Gasteiger partial charge < -0.3 is 9.47 Å². The van der Waals surface area contributed by atoms with Crippen LogP contribution >= 0.6 is 11.3 Å². The van der Waals surface area contributed by atoms with Crippen molar-refractivity contribution in [1.29, 1.82) is 0 Å². The first kappa shape index (κ1) is 23.7. The van der Waals surface area contributed by atoms with Gasteiger partial charge in [0, 0.05) is 13.1 Å². The molecule has 4 rings (SSSR count). The lowest BCUT2D eigenvalue weighted by Gasteiger charge is -2.23. The highest BCUT2D eigenvalue weighted by Crippen LogP contribution is 2.31. The Labute approximate surface area is 200 Å². The second-order valence-corrected chi connectivity index (χ2v) is 12.2. The number of hydrogen-bond donors (Lipinski definition) is 0. The number of thiophene rings is 1. The third-order valence-electron chi connectivity index (χ3n) is 5.88. The highest BCUT2D eigenvalue weighted by atomic mass is 32.2. The number of aromatic nitrogens is 2. The maximum atomic E-state index is 13.4. The Morgan fingerprint density at radius 1 is 1.21 bits per heavy atom. The van der Waals surface area contributed by atoms with E-state index in [2.05, 4.69) is 18.8 Å². The molecule has 0 unspecified atom stereocenters. The van der Waals surface area contributed by atoms with Crippen LogP contribution in [0, 0.1) is 18.8 Å². The Morgan fingerprint density at radius 2 is 1.97 bits per heavy atom. The lowest BCUT2D eigenvalue weighted by molar-refractivity contribution is 0.0735. The van der Waals surface area contributed by atoms with Crippen molar-refractivity contribution in [1.82, 2.24) is 14.5 Å². The molecule has 1 fully saturated rings. The number of aryl methyl sites for hydroxylation is 1. The molecule has 1 aliphatic carbocycles. The summed E-state index contributed by atoms with van der Waals surface area (Å²) in [6.45, 7) is 7.60. The Morgan fingerprint density at radius 3 is 2.61 bits per heavy atom. The van der Waals surface area contributed by atoms with Gasteiger partial charge in [-0.15, -0.1) is 11.3 Å². The fourth-order valence-corrected chi connectivity index (χ4v) is 6.25. The van der Waals surface area contributed by atoms with Crippen LogP contribution in [0.1, 0.15) is 53.2 Å². The molecule has 2 heterocycles. The average Bonchev–Trinajstić information content (AvgIpc) is 3.23. The zero-order chi connectivity index (χ0) is 23.6. The number of amides is 1. The van der Waals surface area contributed by atoms with Crippen molar-refractivity contribution in [3.8, 4) is 0 Å². The number of benzene rings is 1. The Bertz CT molecular complexity index is 1210. The molecular weight excluding hydrogens is 454 g/mol. The number of carbonyl (C=O) groups is 1. The fraction of sp³-hybridized carbons (Fsp3) is 0.440. The van der Waals surface area contributed by atoms with Gasteiger partial charge in [0.15, 0.2) is 0 Å². The van der Waals surface area contributed by atoms with E-state index in [1.807, 2.05) is 53.6 Å². The first-order chi connectivity index (χ1) is 15.7. The average molecular weight is 486 g/mol. The predicted molar refractivity (Wildman–Crippen MR) is 131 cm³/mol. The monoisotopic (exact) mass is 485 g/mol. The summed E-state index contributed by atoms with van der Waals surface area (Å²) in [5, 5.41) is 1.99. The second kappa shape index (κ2) is 9.81. The van der Waals surface area contributed by atoms with E-state index in [0.717, 1.165) is 29.7 Å². The van der Waals surface area contributed by atoms with Crippen LogP contribution < -0.4 is 0 Å². The maximum absolute atomic E-state index is 13.4. The van der Waals surface area contributed by atoms with Gasteiger partial charge in [-0.25, -0.2) is 13.4 Å². The molecule has 1 amide bonds. The van der Waals surface area contributed by atoms with Gasteiger partial charge in [-0.3, -0.25) is 4.79 Å². The standard InChI is InChI=1S/C25H31N3O3S2/c1-18(2)14-28-22(16-27(15-20-10-11-20)24(29)23-9-6-12-32-23)13-26-25(28)33(30,31)17-21-8-5-4-7-19(21)3/h4-9,12-13,18,20H,10-11,14-17H2,1-3H3. The molecular formula is C25H31N3O3S2. The fourth-order valence-electron chi connectivity index (χ4n) is 3.95. The highest BCUT2D eigenvalue weighted by molar-refractivity contribution is 7.90. The van der Waals surface area contributed by atoms with Crippen LogP contribution in [0.4, 0.5) is 0 Å². The van der Waals surface area contributed by atoms with Crippen LogP contribution in [0.15, 0.2) is 53.1 Å². The van der Waals surface area contributed by atoms with E-state index >= 15 is 0 Å². The van der Waals surface area contributed by atoms with Gasteiger partial charge in [-0.05, 0) is 54.2 Å². The first-order valence-electron chi connectivity index (χ1n) is 11.4. The van der Waals surface area contributed by atoms with Crippen molar-refractivity contribution < 1.29 is 13.2 Å². The van der Waals surface area contributed by atoms with Crippen molar-refractivity contribution in [2.45, 2.75) is 57.6 Å². The molecule has 0 radical (unpaired) electrons. The Kier molecular flexibility index (Phi) is 7.05. The summed E-state index contributed by atoms with van der Waals surface area (Å²) < 4.78 is 28.6. The van der Waals surface area contributed by atoms with Crippen LogP contribution in [0.3, 0.4) is 0 Å². The van der Waals surface area contributed by atoms with Gasteiger partial charge in [-0.2, -0.15) is 0 Å². The molecule has 2 aromatic heterocycles. The van der Waals surface area contributed by atoms with Crippen molar-refractivity contribution in [3.05, 3.63) is 69.7 Å². The molecule has 0 aliphatic heterocycles. The van der Waals surface area contributed by atoms with Gasteiger partial charge in [0.25, 0.3) is 5.91 Å². The van der Waals surface area contributed by atoms with E-state index in [-0.39, 0.29) is 22.7 Å². The number of sulfone groups is 1. The van der Waals surface area contributed by atoms with E-state index < -0.39 is 9.84 Å². The van der Waals surface area contributed by atoms with Crippen molar-refractivity contribution >= 4 is 27.1 Å². The van der Waals surface area contributed by atoms with Crippen molar-refractivity contribution in [3.63, 3.8) is 0 Å². The number of imidazole rings is 1. The molecule has 0 atom stereocenters. The van der Waals surface area contributed by atoms with Gasteiger partial charge in [0.1, 0.15) is 0 Å².